The average Bonchev–Trinajstić information content (AvgIpc) is 3.46. The summed E-state index contributed by atoms with van der Waals surface area (Å²) in [6.45, 7) is 1.83. The number of aromatic nitrogens is 2. The summed E-state index contributed by atoms with van der Waals surface area (Å²) in [5.41, 5.74) is 0.686. The molecule has 0 N–H and O–H groups in total. The van der Waals surface area contributed by atoms with E-state index >= 15 is 0 Å². The van der Waals surface area contributed by atoms with Gasteiger partial charge >= 0.3 is 0 Å². The fourth-order valence-corrected chi connectivity index (χ4v) is 3.63. The van der Waals surface area contributed by atoms with Gasteiger partial charge < -0.3 is 4.90 Å². The second-order valence-corrected chi connectivity index (χ2v) is 7.60. The summed E-state index contributed by atoms with van der Waals surface area (Å²) >= 11 is 0. The fraction of sp³-hybridized carbons (Fsp3) is 0.500. The molecule has 9 heteroatoms. The first-order valence-corrected chi connectivity index (χ1v) is 9.71. The molecule has 1 aliphatic heterocycles. The lowest BCUT2D eigenvalue weighted by Crippen LogP contribution is -2.49. The minimum Gasteiger partial charge on any atom is -0.339 e. The van der Waals surface area contributed by atoms with E-state index in [2.05, 4.69) is 5.10 Å². The van der Waals surface area contributed by atoms with Gasteiger partial charge in [0.05, 0.1) is 5.69 Å². The van der Waals surface area contributed by atoms with E-state index in [1.54, 1.807) is 4.90 Å². The Hall–Kier alpha value is -2.42. The number of carbonyl (C=O) groups is 1. The van der Waals surface area contributed by atoms with E-state index in [0.717, 1.165) is 23.6 Å². The summed E-state index contributed by atoms with van der Waals surface area (Å²) in [5.74, 6) is -1.77. The maximum atomic E-state index is 13.8. The fourth-order valence-electron chi connectivity index (χ4n) is 3.63. The molecular formula is C20H22F4N4O. The lowest BCUT2D eigenvalue weighted by Gasteiger charge is -2.34. The van der Waals surface area contributed by atoms with Crippen LogP contribution in [0.25, 0.3) is 0 Å². The maximum Gasteiger partial charge on any atom is 0.280 e. The Balaban J connectivity index is 1.34. The minimum absolute atomic E-state index is 0.217. The third-order valence-electron chi connectivity index (χ3n) is 5.48. The van der Waals surface area contributed by atoms with Crippen LogP contribution < -0.4 is 0 Å². The van der Waals surface area contributed by atoms with Crippen molar-refractivity contribution in [1.82, 2.24) is 19.6 Å². The molecule has 1 saturated heterocycles. The SMILES string of the molecule is O=C(Cn1nc(C2CC2)cc1C(F)F)N1CCN(Cc2cccc(F)c2F)CC1. The summed E-state index contributed by atoms with van der Waals surface area (Å²) in [6.07, 6.45) is -0.788. The lowest BCUT2D eigenvalue weighted by molar-refractivity contribution is -0.134. The number of nitrogens with zero attached hydrogens (tertiary/aromatic N) is 4. The predicted octanol–water partition coefficient (Wildman–Crippen LogP) is 3.32. The lowest BCUT2D eigenvalue weighted by atomic mass is 10.1. The van der Waals surface area contributed by atoms with Crippen molar-refractivity contribution >= 4 is 5.91 Å². The van der Waals surface area contributed by atoms with Crippen LogP contribution >= 0.6 is 0 Å². The van der Waals surface area contributed by atoms with Crippen molar-refractivity contribution in [2.45, 2.75) is 38.3 Å². The van der Waals surface area contributed by atoms with Crippen molar-refractivity contribution in [3.05, 3.63) is 52.9 Å². The van der Waals surface area contributed by atoms with Crippen molar-refractivity contribution in [2.75, 3.05) is 26.2 Å². The van der Waals surface area contributed by atoms with Crippen LogP contribution in [-0.2, 0) is 17.9 Å². The average molecular weight is 410 g/mol. The molecule has 2 aliphatic rings. The van der Waals surface area contributed by atoms with E-state index in [0.29, 0.717) is 31.9 Å². The van der Waals surface area contributed by atoms with Crippen LogP contribution in [-0.4, -0.2) is 51.7 Å². The number of amides is 1. The quantitative estimate of drug-likeness (QED) is 0.686. The summed E-state index contributed by atoms with van der Waals surface area (Å²) in [5, 5.41) is 4.22. The molecule has 1 aromatic heterocycles. The Bertz CT molecular complexity index is 889. The number of halogens is 4. The predicted molar refractivity (Wildman–Crippen MR) is 97.4 cm³/mol. The molecule has 0 bridgehead atoms. The molecule has 4 rings (SSSR count). The summed E-state index contributed by atoms with van der Waals surface area (Å²) in [4.78, 5) is 16.1. The number of hydrogen-bond donors (Lipinski definition) is 0. The zero-order valence-electron chi connectivity index (χ0n) is 15.8. The topological polar surface area (TPSA) is 41.4 Å². The number of benzene rings is 1. The van der Waals surface area contributed by atoms with Gasteiger partial charge in [0.15, 0.2) is 11.6 Å². The first-order chi connectivity index (χ1) is 13.9. The Kier molecular flexibility index (Phi) is 5.58. The van der Waals surface area contributed by atoms with Crippen molar-refractivity contribution < 1.29 is 22.4 Å². The highest BCUT2D eigenvalue weighted by Gasteiger charge is 2.30. The number of rotatable bonds is 6. The van der Waals surface area contributed by atoms with Crippen LogP contribution in [0.4, 0.5) is 17.6 Å². The highest BCUT2D eigenvalue weighted by Crippen LogP contribution is 2.40. The largest absolute Gasteiger partial charge is 0.339 e. The molecule has 0 atom stereocenters. The molecule has 2 fully saturated rings. The zero-order chi connectivity index (χ0) is 20.5. The van der Waals surface area contributed by atoms with Gasteiger partial charge in [0, 0.05) is 44.2 Å². The van der Waals surface area contributed by atoms with E-state index < -0.39 is 18.1 Å². The molecule has 1 saturated carbocycles. The van der Waals surface area contributed by atoms with Gasteiger partial charge in [-0.3, -0.25) is 14.4 Å². The normalized spacial score (nSPS) is 17.9. The molecule has 2 heterocycles. The van der Waals surface area contributed by atoms with Crippen molar-refractivity contribution in [1.29, 1.82) is 0 Å². The van der Waals surface area contributed by atoms with Gasteiger partial charge in [-0.15, -0.1) is 0 Å². The van der Waals surface area contributed by atoms with E-state index in [1.165, 1.54) is 18.2 Å². The van der Waals surface area contributed by atoms with Gasteiger partial charge in [0.2, 0.25) is 5.91 Å². The Morgan fingerprint density at radius 1 is 1.14 bits per heavy atom. The number of alkyl halides is 2. The molecule has 0 unspecified atom stereocenters. The summed E-state index contributed by atoms with van der Waals surface area (Å²) < 4.78 is 54.9. The second-order valence-electron chi connectivity index (χ2n) is 7.60. The van der Waals surface area contributed by atoms with Crippen LogP contribution in [0, 0.1) is 11.6 Å². The van der Waals surface area contributed by atoms with Crippen LogP contribution in [0.3, 0.4) is 0 Å². The van der Waals surface area contributed by atoms with Crippen molar-refractivity contribution in [3.8, 4) is 0 Å². The third-order valence-corrected chi connectivity index (χ3v) is 5.48. The van der Waals surface area contributed by atoms with Crippen LogP contribution in [0.2, 0.25) is 0 Å². The zero-order valence-corrected chi connectivity index (χ0v) is 15.8. The Morgan fingerprint density at radius 3 is 2.52 bits per heavy atom. The molecule has 0 radical (unpaired) electrons. The van der Waals surface area contributed by atoms with Crippen LogP contribution in [0.5, 0.6) is 0 Å². The van der Waals surface area contributed by atoms with Gasteiger partial charge in [-0.1, -0.05) is 12.1 Å². The Labute approximate surface area is 165 Å². The highest BCUT2D eigenvalue weighted by atomic mass is 19.3. The van der Waals surface area contributed by atoms with E-state index in [4.69, 9.17) is 0 Å². The van der Waals surface area contributed by atoms with Crippen LogP contribution in [0.15, 0.2) is 24.3 Å². The van der Waals surface area contributed by atoms with E-state index in [-0.39, 0.29) is 36.2 Å². The van der Waals surface area contributed by atoms with Gasteiger partial charge in [0.1, 0.15) is 12.2 Å². The molecule has 2 aromatic rings. The van der Waals surface area contributed by atoms with Crippen LogP contribution in [0.1, 0.15) is 42.1 Å². The van der Waals surface area contributed by atoms with E-state index in [1.807, 2.05) is 4.90 Å². The number of hydrogen-bond acceptors (Lipinski definition) is 3. The van der Waals surface area contributed by atoms with Crippen molar-refractivity contribution in [2.24, 2.45) is 0 Å². The first kappa shape index (κ1) is 19.9. The van der Waals surface area contributed by atoms with Gasteiger partial charge in [-0.25, -0.2) is 17.6 Å². The smallest absolute Gasteiger partial charge is 0.280 e. The minimum atomic E-state index is -2.68. The summed E-state index contributed by atoms with van der Waals surface area (Å²) in [7, 11) is 0. The molecule has 5 nitrogen and oxygen atoms in total. The highest BCUT2D eigenvalue weighted by molar-refractivity contribution is 5.76. The van der Waals surface area contributed by atoms with Gasteiger partial charge in [-0.2, -0.15) is 5.10 Å². The summed E-state index contributed by atoms with van der Waals surface area (Å²) in [6, 6.07) is 5.49. The third kappa shape index (κ3) is 4.44. The number of piperazine rings is 1. The molecular weight excluding hydrogens is 388 g/mol. The molecule has 29 heavy (non-hydrogen) atoms. The Morgan fingerprint density at radius 2 is 1.86 bits per heavy atom. The standard InChI is InChI=1S/C20H22F4N4O/c21-15-3-1-2-14(19(15)22)11-26-6-8-27(9-7-26)18(29)12-28-17(20(23)24)10-16(25-28)13-4-5-13/h1-3,10,13,20H,4-9,11-12H2. The second kappa shape index (κ2) is 8.14. The monoisotopic (exact) mass is 410 g/mol. The molecule has 1 amide bonds. The van der Waals surface area contributed by atoms with E-state index in [9.17, 15) is 22.4 Å². The van der Waals surface area contributed by atoms with Gasteiger partial charge in [0.25, 0.3) is 6.43 Å². The molecule has 0 spiro atoms. The number of carbonyl (C=O) groups excluding carboxylic acids is 1. The molecule has 1 aliphatic carbocycles. The molecule has 1 aromatic carbocycles. The van der Waals surface area contributed by atoms with Gasteiger partial charge in [-0.05, 0) is 25.0 Å². The molecule has 156 valence electrons. The maximum absolute atomic E-state index is 13.8. The first-order valence-electron chi connectivity index (χ1n) is 9.71. The van der Waals surface area contributed by atoms with Crippen molar-refractivity contribution in [3.63, 3.8) is 0 Å².